The first-order valence-corrected chi connectivity index (χ1v) is 15.3. The molecular formula is C30H35Cl2N3O4S. The molecule has 7 nitrogen and oxygen atoms in total. The van der Waals surface area contributed by atoms with Crippen molar-refractivity contribution in [2.24, 2.45) is 0 Å². The second-order valence-corrected chi connectivity index (χ2v) is 12.4. The summed E-state index contributed by atoms with van der Waals surface area (Å²) in [6, 6.07) is 17.4. The summed E-state index contributed by atoms with van der Waals surface area (Å²) in [6.45, 7) is 7.20. The number of carbonyl (C=O) groups is 2. The molecule has 0 bridgehead atoms. The van der Waals surface area contributed by atoms with Crippen molar-refractivity contribution >= 4 is 50.7 Å². The molecule has 0 spiro atoms. The second kappa shape index (κ2) is 14.0. The number of unbranched alkanes of at least 4 members (excludes halogenated alkanes) is 1. The highest BCUT2D eigenvalue weighted by Crippen LogP contribution is 2.29. The number of hydrogen-bond acceptors (Lipinski definition) is 4. The molecule has 3 rings (SSSR count). The molecule has 1 N–H and O–H groups in total. The number of anilines is 1. The topological polar surface area (TPSA) is 86.8 Å². The van der Waals surface area contributed by atoms with Gasteiger partial charge >= 0.3 is 0 Å². The Kier molecular flexibility index (Phi) is 11.0. The molecular weight excluding hydrogens is 569 g/mol. The highest BCUT2D eigenvalue weighted by molar-refractivity contribution is 7.92. The molecule has 0 radical (unpaired) electrons. The van der Waals surface area contributed by atoms with Gasteiger partial charge in [-0.2, -0.15) is 0 Å². The van der Waals surface area contributed by atoms with Gasteiger partial charge in [-0.3, -0.25) is 13.9 Å². The summed E-state index contributed by atoms with van der Waals surface area (Å²) in [5, 5.41) is 3.54. The van der Waals surface area contributed by atoms with E-state index in [0.717, 1.165) is 28.3 Å². The van der Waals surface area contributed by atoms with E-state index in [-0.39, 0.29) is 17.3 Å². The molecule has 0 saturated heterocycles. The summed E-state index contributed by atoms with van der Waals surface area (Å²) >= 11 is 12.8. The van der Waals surface area contributed by atoms with Crippen molar-refractivity contribution in [2.45, 2.75) is 58.0 Å². The van der Waals surface area contributed by atoms with E-state index in [1.54, 1.807) is 55.5 Å². The van der Waals surface area contributed by atoms with Gasteiger partial charge in [-0.25, -0.2) is 8.42 Å². The number of nitrogens with zero attached hydrogens (tertiary/aromatic N) is 2. The fraction of sp³-hybridized carbons (Fsp3) is 0.333. The van der Waals surface area contributed by atoms with Gasteiger partial charge in [0.1, 0.15) is 12.6 Å². The van der Waals surface area contributed by atoms with E-state index in [4.69, 9.17) is 23.2 Å². The summed E-state index contributed by atoms with van der Waals surface area (Å²) in [6.07, 6.45) is 1.69. The highest BCUT2D eigenvalue weighted by Gasteiger charge is 2.33. The Morgan fingerprint density at radius 1 is 0.925 bits per heavy atom. The average molecular weight is 605 g/mol. The molecule has 0 heterocycles. The van der Waals surface area contributed by atoms with Crippen molar-refractivity contribution in [1.29, 1.82) is 0 Å². The van der Waals surface area contributed by atoms with E-state index >= 15 is 0 Å². The van der Waals surface area contributed by atoms with Gasteiger partial charge in [-0.1, -0.05) is 66.9 Å². The van der Waals surface area contributed by atoms with Crippen LogP contribution in [0, 0.1) is 13.8 Å². The molecule has 40 heavy (non-hydrogen) atoms. The quantitative estimate of drug-likeness (QED) is 0.252. The molecule has 0 fully saturated rings. The van der Waals surface area contributed by atoms with Crippen LogP contribution in [-0.4, -0.2) is 44.3 Å². The number of halogens is 2. The first-order valence-electron chi connectivity index (χ1n) is 13.1. The van der Waals surface area contributed by atoms with Crippen molar-refractivity contribution < 1.29 is 18.0 Å². The SMILES string of the molecule is CCCCNC(=O)[C@H](C)N(Cc1c(Cl)cccc1Cl)C(=O)CN(c1cc(C)cc(C)c1)S(=O)(=O)c1ccccc1. The van der Waals surface area contributed by atoms with Crippen LogP contribution >= 0.6 is 23.2 Å². The zero-order valence-corrected chi connectivity index (χ0v) is 25.5. The molecule has 2 amide bonds. The number of aryl methyl sites for hydroxylation is 2. The normalized spacial score (nSPS) is 12.1. The number of amides is 2. The molecule has 0 unspecified atom stereocenters. The number of benzene rings is 3. The molecule has 0 aromatic heterocycles. The summed E-state index contributed by atoms with van der Waals surface area (Å²) in [5.74, 6) is -0.929. The summed E-state index contributed by atoms with van der Waals surface area (Å²) in [5.41, 5.74) is 2.51. The van der Waals surface area contributed by atoms with Crippen molar-refractivity contribution in [3.05, 3.63) is 93.5 Å². The third kappa shape index (κ3) is 7.77. The van der Waals surface area contributed by atoms with E-state index in [1.807, 2.05) is 26.8 Å². The molecule has 10 heteroatoms. The Labute approximate surface area is 247 Å². The monoisotopic (exact) mass is 603 g/mol. The van der Waals surface area contributed by atoms with Crippen molar-refractivity contribution in [3.63, 3.8) is 0 Å². The van der Waals surface area contributed by atoms with Gasteiger partial charge in [-0.15, -0.1) is 0 Å². The number of carbonyl (C=O) groups excluding carboxylic acids is 2. The van der Waals surface area contributed by atoms with Gasteiger partial charge < -0.3 is 10.2 Å². The summed E-state index contributed by atoms with van der Waals surface area (Å²) < 4.78 is 28.9. The average Bonchev–Trinajstić information content (AvgIpc) is 2.91. The smallest absolute Gasteiger partial charge is 0.264 e. The molecule has 0 aliphatic heterocycles. The van der Waals surface area contributed by atoms with Crippen LogP contribution in [-0.2, 0) is 26.2 Å². The van der Waals surface area contributed by atoms with Crippen LogP contribution in [0.25, 0.3) is 0 Å². The largest absolute Gasteiger partial charge is 0.354 e. The fourth-order valence-electron chi connectivity index (χ4n) is 4.32. The first kappa shape index (κ1) is 31.5. The van der Waals surface area contributed by atoms with Crippen LogP contribution < -0.4 is 9.62 Å². The van der Waals surface area contributed by atoms with Crippen LogP contribution in [0.5, 0.6) is 0 Å². The number of sulfonamides is 1. The van der Waals surface area contributed by atoms with Gasteiger partial charge in [0, 0.05) is 28.7 Å². The van der Waals surface area contributed by atoms with Gasteiger partial charge in [-0.05, 0) is 74.7 Å². The molecule has 3 aromatic carbocycles. The van der Waals surface area contributed by atoms with E-state index in [0.29, 0.717) is 27.8 Å². The van der Waals surface area contributed by atoms with Gasteiger partial charge in [0.2, 0.25) is 11.8 Å². The minimum atomic E-state index is -4.14. The molecule has 3 aromatic rings. The van der Waals surface area contributed by atoms with Crippen molar-refractivity contribution in [1.82, 2.24) is 10.2 Å². The Morgan fingerprint density at radius 3 is 2.10 bits per heavy atom. The van der Waals surface area contributed by atoms with Gasteiger partial charge in [0.15, 0.2) is 0 Å². The number of rotatable bonds is 12. The predicted molar refractivity (Wildman–Crippen MR) is 161 cm³/mol. The Hall–Kier alpha value is -3.07. The lowest BCUT2D eigenvalue weighted by Crippen LogP contribution is -2.51. The van der Waals surface area contributed by atoms with E-state index in [2.05, 4.69) is 5.32 Å². The van der Waals surface area contributed by atoms with E-state index < -0.39 is 28.5 Å². The van der Waals surface area contributed by atoms with E-state index in [9.17, 15) is 18.0 Å². The van der Waals surface area contributed by atoms with Crippen molar-refractivity contribution in [3.8, 4) is 0 Å². The lowest BCUT2D eigenvalue weighted by Gasteiger charge is -2.32. The van der Waals surface area contributed by atoms with Crippen molar-refractivity contribution in [2.75, 3.05) is 17.4 Å². The number of hydrogen-bond donors (Lipinski definition) is 1. The molecule has 0 aliphatic carbocycles. The Morgan fingerprint density at radius 2 is 1.52 bits per heavy atom. The minimum Gasteiger partial charge on any atom is -0.354 e. The van der Waals surface area contributed by atoms with Crippen LogP contribution in [0.4, 0.5) is 5.69 Å². The molecule has 0 saturated carbocycles. The third-order valence-electron chi connectivity index (χ3n) is 6.49. The maximum absolute atomic E-state index is 14.0. The Bertz CT molecular complexity index is 1410. The maximum atomic E-state index is 14.0. The lowest BCUT2D eigenvalue weighted by atomic mass is 10.1. The van der Waals surface area contributed by atoms with Crippen LogP contribution in [0.15, 0.2) is 71.6 Å². The maximum Gasteiger partial charge on any atom is 0.264 e. The number of nitrogens with one attached hydrogen (secondary N) is 1. The third-order valence-corrected chi connectivity index (χ3v) is 8.99. The molecule has 214 valence electrons. The Balaban J connectivity index is 2.06. The summed E-state index contributed by atoms with van der Waals surface area (Å²) in [4.78, 5) is 28.5. The fourth-order valence-corrected chi connectivity index (χ4v) is 6.25. The van der Waals surface area contributed by atoms with Gasteiger partial charge in [0.05, 0.1) is 10.6 Å². The second-order valence-electron chi connectivity index (χ2n) is 9.71. The first-order chi connectivity index (χ1) is 18.9. The van der Waals surface area contributed by atoms with Gasteiger partial charge in [0.25, 0.3) is 10.0 Å². The van der Waals surface area contributed by atoms with E-state index in [1.165, 1.54) is 17.0 Å². The van der Waals surface area contributed by atoms with Crippen LogP contribution in [0.1, 0.15) is 43.4 Å². The standard InChI is InChI=1S/C30H35Cl2N3O4S/c1-5-6-15-33-30(37)23(4)34(19-26-27(31)13-10-14-28(26)32)29(36)20-35(24-17-21(2)16-22(3)18-24)40(38,39)25-11-8-7-9-12-25/h7-14,16-18,23H,5-6,15,19-20H2,1-4H3,(H,33,37)/t23-/m0/s1. The zero-order chi connectivity index (χ0) is 29.4. The zero-order valence-electron chi connectivity index (χ0n) is 23.2. The summed E-state index contributed by atoms with van der Waals surface area (Å²) in [7, 11) is -4.14. The highest BCUT2D eigenvalue weighted by atomic mass is 35.5. The lowest BCUT2D eigenvalue weighted by molar-refractivity contribution is -0.139. The molecule has 1 atom stereocenters. The minimum absolute atomic E-state index is 0.0491. The van der Waals surface area contributed by atoms with Crippen LogP contribution in [0.3, 0.4) is 0 Å². The van der Waals surface area contributed by atoms with Crippen LogP contribution in [0.2, 0.25) is 10.0 Å². The molecule has 0 aliphatic rings. The predicted octanol–water partition coefficient (Wildman–Crippen LogP) is 6.14.